The standard InChI is InChI=1S/C10H17N3O.C5H10O2.CH5N/c11-10(12)8(7-14)6-13-9-4-2-1-3-5-9;1-5(2,3)7-4-6;1-2/h6-7,9,13H,1-5H2,(H3,11,12);4H,1-3H3;2H2,1H3/b8-6-;;. The molecule has 1 fully saturated rings. The van der Waals surface area contributed by atoms with E-state index in [1.807, 2.05) is 20.8 Å². The topological polar surface area (TPSA) is 131 Å². The maximum atomic E-state index is 10.5. The molecule has 0 amide bonds. The molecule has 6 N–H and O–H groups in total. The molecule has 1 saturated carbocycles. The van der Waals surface area contributed by atoms with Gasteiger partial charge in [-0.3, -0.25) is 15.0 Å². The number of rotatable bonds is 5. The highest BCUT2D eigenvalue weighted by molar-refractivity contribution is 6.11. The summed E-state index contributed by atoms with van der Waals surface area (Å²) in [5.41, 5.74) is 9.62. The molecule has 1 aliphatic rings. The van der Waals surface area contributed by atoms with Crippen molar-refractivity contribution >= 4 is 18.6 Å². The molecule has 0 saturated heterocycles. The van der Waals surface area contributed by atoms with Gasteiger partial charge in [-0.2, -0.15) is 0 Å². The van der Waals surface area contributed by atoms with Crippen molar-refractivity contribution < 1.29 is 14.3 Å². The molecule has 0 spiro atoms. The van der Waals surface area contributed by atoms with Crippen LogP contribution >= 0.6 is 0 Å². The van der Waals surface area contributed by atoms with E-state index < -0.39 is 0 Å². The second-order valence-corrected chi connectivity index (χ2v) is 5.96. The first-order chi connectivity index (χ1) is 10.8. The van der Waals surface area contributed by atoms with Gasteiger partial charge in [0.2, 0.25) is 0 Å². The van der Waals surface area contributed by atoms with Crippen molar-refractivity contribution in [1.29, 1.82) is 5.41 Å². The van der Waals surface area contributed by atoms with Crippen LogP contribution in [0.15, 0.2) is 11.8 Å². The van der Waals surface area contributed by atoms with Crippen LogP contribution in [-0.2, 0) is 14.3 Å². The number of carbonyl (C=O) groups is 2. The Morgan fingerprint density at radius 2 is 1.70 bits per heavy atom. The molecule has 134 valence electrons. The van der Waals surface area contributed by atoms with Crippen LogP contribution in [-0.4, -0.2) is 37.3 Å². The number of nitrogens with two attached hydrogens (primary N) is 2. The Morgan fingerprint density at radius 1 is 1.17 bits per heavy atom. The molecule has 0 atom stereocenters. The monoisotopic (exact) mass is 328 g/mol. The zero-order valence-electron chi connectivity index (χ0n) is 14.7. The highest BCUT2D eigenvalue weighted by Crippen LogP contribution is 2.17. The van der Waals surface area contributed by atoms with Crippen molar-refractivity contribution in [1.82, 2.24) is 5.32 Å². The minimum Gasteiger partial charge on any atom is -0.462 e. The number of carbonyl (C=O) groups excluding carboxylic acids is 2. The van der Waals surface area contributed by atoms with Crippen LogP contribution in [0, 0.1) is 5.41 Å². The van der Waals surface area contributed by atoms with Crippen molar-refractivity contribution in [2.24, 2.45) is 11.5 Å². The quantitative estimate of drug-likeness (QED) is 0.261. The fraction of sp³-hybridized carbons (Fsp3) is 0.688. The summed E-state index contributed by atoms with van der Waals surface area (Å²) in [4.78, 5) is 20.1. The van der Waals surface area contributed by atoms with Crippen LogP contribution in [0.4, 0.5) is 0 Å². The molecule has 0 aromatic carbocycles. The van der Waals surface area contributed by atoms with E-state index >= 15 is 0 Å². The second kappa shape index (κ2) is 13.8. The summed E-state index contributed by atoms with van der Waals surface area (Å²) in [7, 11) is 1.50. The number of nitrogens with one attached hydrogen (secondary N) is 2. The third kappa shape index (κ3) is 14.8. The molecule has 0 unspecified atom stereocenters. The summed E-state index contributed by atoms with van der Waals surface area (Å²) in [5.74, 6) is -0.177. The van der Waals surface area contributed by atoms with Crippen molar-refractivity contribution in [2.75, 3.05) is 7.05 Å². The summed E-state index contributed by atoms with van der Waals surface area (Å²) in [6.07, 6.45) is 8.23. The normalized spacial score (nSPS) is 15.1. The van der Waals surface area contributed by atoms with Gasteiger partial charge in [-0.15, -0.1) is 0 Å². The fourth-order valence-electron chi connectivity index (χ4n) is 1.80. The largest absolute Gasteiger partial charge is 0.462 e. The van der Waals surface area contributed by atoms with Gasteiger partial charge in [-0.05, 0) is 40.7 Å². The van der Waals surface area contributed by atoms with Crippen LogP contribution in [0.3, 0.4) is 0 Å². The predicted octanol–water partition coefficient (Wildman–Crippen LogP) is 1.46. The molecule has 23 heavy (non-hydrogen) atoms. The third-order valence-electron chi connectivity index (χ3n) is 2.92. The van der Waals surface area contributed by atoms with Crippen LogP contribution < -0.4 is 16.8 Å². The van der Waals surface area contributed by atoms with E-state index in [0.717, 1.165) is 12.8 Å². The van der Waals surface area contributed by atoms with Crippen molar-refractivity contribution in [3.8, 4) is 0 Å². The van der Waals surface area contributed by atoms with Crippen molar-refractivity contribution in [3.63, 3.8) is 0 Å². The van der Waals surface area contributed by atoms with Gasteiger partial charge in [-0.25, -0.2) is 0 Å². The Hall–Kier alpha value is -1.89. The van der Waals surface area contributed by atoms with E-state index in [9.17, 15) is 9.59 Å². The highest BCUT2D eigenvalue weighted by atomic mass is 16.5. The lowest BCUT2D eigenvalue weighted by molar-refractivity contribution is -0.138. The zero-order valence-corrected chi connectivity index (χ0v) is 14.7. The fourth-order valence-corrected chi connectivity index (χ4v) is 1.80. The Balaban J connectivity index is 0. The Kier molecular flexibility index (Phi) is 14.0. The second-order valence-electron chi connectivity index (χ2n) is 5.96. The number of ether oxygens (including phenoxy) is 1. The minimum absolute atomic E-state index is 0.177. The van der Waals surface area contributed by atoms with Gasteiger partial charge in [0.15, 0.2) is 6.29 Å². The molecule has 0 radical (unpaired) electrons. The van der Waals surface area contributed by atoms with Crippen molar-refractivity contribution in [3.05, 3.63) is 11.8 Å². The SMILES string of the molecule is CC(C)(C)OC=O.CN.N=C(N)/C(C=O)=C\NC1CCCCC1. The summed E-state index contributed by atoms with van der Waals surface area (Å²) >= 11 is 0. The summed E-state index contributed by atoms with van der Waals surface area (Å²) in [6, 6.07) is 0.443. The molecule has 7 heteroatoms. The summed E-state index contributed by atoms with van der Waals surface area (Å²) in [6.45, 7) is 5.92. The van der Waals surface area contributed by atoms with Gasteiger partial charge < -0.3 is 21.5 Å². The Morgan fingerprint density at radius 3 is 2.00 bits per heavy atom. The molecule has 7 nitrogen and oxygen atoms in total. The number of aldehydes is 1. The van der Waals surface area contributed by atoms with Gasteiger partial charge in [0, 0.05) is 12.2 Å². The van der Waals surface area contributed by atoms with Gasteiger partial charge in [0.1, 0.15) is 11.4 Å². The third-order valence-corrected chi connectivity index (χ3v) is 2.92. The first-order valence-corrected chi connectivity index (χ1v) is 7.75. The lowest BCUT2D eigenvalue weighted by Crippen LogP contribution is -2.28. The maximum absolute atomic E-state index is 10.5. The molecule has 1 rings (SSSR count). The average molecular weight is 328 g/mol. The molecule has 0 heterocycles. The minimum atomic E-state index is -0.318. The summed E-state index contributed by atoms with van der Waals surface area (Å²) < 4.78 is 4.55. The Bertz CT molecular complexity index is 370. The lowest BCUT2D eigenvalue weighted by Gasteiger charge is -2.21. The molecule has 0 aromatic rings. The van der Waals surface area contributed by atoms with Gasteiger partial charge in [0.05, 0.1) is 5.57 Å². The van der Waals surface area contributed by atoms with E-state index in [-0.39, 0.29) is 17.0 Å². The molecular formula is C16H32N4O3. The maximum Gasteiger partial charge on any atom is 0.293 e. The smallest absolute Gasteiger partial charge is 0.293 e. The van der Waals surface area contributed by atoms with Gasteiger partial charge in [0.25, 0.3) is 6.47 Å². The zero-order chi connectivity index (χ0) is 18.3. The molecule has 1 aliphatic carbocycles. The average Bonchev–Trinajstić information content (AvgIpc) is 2.50. The van der Waals surface area contributed by atoms with E-state index in [1.165, 1.54) is 26.3 Å². The molecule has 0 bridgehead atoms. The highest BCUT2D eigenvalue weighted by Gasteiger charge is 2.11. The van der Waals surface area contributed by atoms with Gasteiger partial charge >= 0.3 is 0 Å². The molecule has 0 aliphatic heterocycles. The first-order valence-electron chi connectivity index (χ1n) is 7.75. The number of hydrogen-bond acceptors (Lipinski definition) is 6. The predicted molar refractivity (Wildman–Crippen MR) is 93.1 cm³/mol. The lowest BCUT2D eigenvalue weighted by atomic mass is 9.96. The van der Waals surface area contributed by atoms with Crippen LogP contribution in [0.25, 0.3) is 0 Å². The number of hydrogen-bond donors (Lipinski definition) is 4. The van der Waals surface area contributed by atoms with E-state index in [2.05, 4.69) is 15.8 Å². The molecule has 0 aromatic heterocycles. The Labute approximate surface area is 139 Å². The van der Waals surface area contributed by atoms with Crippen LogP contribution in [0.1, 0.15) is 52.9 Å². The van der Waals surface area contributed by atoms with Gasteiger partial charge in [-0.1, -0.05) is 19.3 Å². The summed E-state index contributed by atoms with van der Waals surface area (Å²) in [5, 5.41) is 10.2. The van der Waals surface area contributed by atoms with Crippen LogP contribution in [0.2, 0.25) is 0 Å². The number of amidine groups is 1. The van der Waals surface area contributed by atoms with E-state index in [1.54, 1.807) is 6.20 Å². The van der Waals surface area contributed by atoms with Crippen molar-refractivity contribution in [2.45, 2.75) is 64.5 Å². The van der Waals surface area contributed by atoms with E-state index in [0.29, 0.717) is 18.8 Å². The first kappa shape index (κ1) is 23.4. The molecular weight excluding hydrogens is 296 g/mol. The van der Waals surface area contributed by atoms with Crippen LogP contribution in [0.5, 0.6) is 0 Å². The van der Waals surface area contributed by atoms with E-state index in [4.69, 9.17) is 11.1 Å².